The van der Waals surface area contributed by atoms with Crippen molar-refractivity contribution in [3.8, 4) is 0 Å². The van der Waals surface area contributed by atoms with Gasteiger partial charge in [0.25, 0.3) is 0 Å². The number of fused-ring (bicyclic) bond motifs is 1. The zero-order valence-corrected chi connectivity index (χ0v) is 10.9. The molecule has 0 fully saturated rings. The van der Waals surface area contributed by atoms with Crippen LogP contribution in [-0.2, 0) is 13.0 Å². The molecule has 2 nitrogen and oxygen atoms in total. The third-order valence-corrected chi connectivity index (χ3v) is 4.29. The summed E-state index contributed by atoms with van der Waals surface area (Å²) >= 11 is 1.92. The fourth-order valence-corrected chi connectivity index (χ4v) is 3.19. The summed E-state index contributed by atoms with van der Waals surface area (Å²) in [4.78, 5) is 4.18. The molecule has 2 rings (SSSR count). The topological polar surface area (TPSA) is 29.3 Å². The molecule has 1 aromatic heterocycles. The Labute approximate surface area is 102 Å². The number of nitrogens with two attached hydrogens (primary N) is 1. The molecule has 1 aliphatic heterocycles. The van der Waals surface area contributed by atoms with E-state index in [4.69, 9.17) is 5.73 Å². The first-order valence-electron chi connectivity index (χ1n) is 6.29. The summed E-state index contributed by atoms with van der Waals surface area (Å²) in [5, 5.41) is 2.23. The lowest BCUT2D eigenvalue weighted by Crippen LogP contribution is -2.30. The molecule has 2 N–H and O–H groups in total. The molecule has 1 aromatic rings. The highest BCUT2D eigenvalue weighted by atomic mass is 32.1. The second kappa shape index (κ2) is 5.80. The minimum Gasteiger partial charge on any atom is -0.328 e. The fraction of sp³-hybridized carbons (Fsp3) is 0.692. The first kappa shape index (κ1) is 12.1. The van der Waals surface area contributed by atoms with Crippen LogP contribution in [0.5, 0.6) is 0 Å². The monoisotopic (exact) mass is 238 g/mol. The maximum Gasteiger partial charge on any atom is 0.0244 e. The number of unbranched alkanes of at least 4 members (excludes halogenated alkanes) is 1. The molecule has 0 amide bonds. The van der Waals surface area contributed by atoms with Gasteiger partial charge in [-0.3, -0.25) is 4.90 Å². The summed E-state index contributed by atoms with van der Waals surface area (Å²) in [6.45, 7) is 5.74. The van der Waals surface area contributed by atoms with Crippen molar-refractivity contribution in [1.82, 2.24) is 4.90 Å². The lowest BCUT2D eigenvalue weighted by atomic mass is 10.1. The summed E-state index contributed by atoms with van der Waals surface area (Å²) in [5.41, 5.74) is 7.31. The molecule has 0 aromatic carbocycles. The first-order valence-corrected chi connectivity index (χ1v) is 7.17. The second-order valence-electron chi connectivity index (χ2n) is 4.87. The van der Waals surface area contributed by atoms with E-state index in [2.05, 4.69) is 23.3 Å². The van der Waals surface area contributed by atoms with E-state index in [0.29, 0.717) is 6.04 Å². The van der Waals surface area contributed by atoms with E-state index < -0.39 is 0 Å². The predicted molar refractivity (Wildman–Crippen MR) is 70.8 cm³/mol. The van der Waals surface area contributed by atoms with E-state index in [1.807, 2.05) is 11.3 Å². The minimum atomic E-state index is 0.366. The minimum absolute atomic E-state index is 0.366. The van der Waals surface area contributed by atoms with Gasteiger partial charge >= 0.3 is 0 Å². The van der Waals surface area contributed by atoms with E-state index >= 15 is 0 Å². The quantitative estimate of drug-likeness (QED) is 0.799. The van der Waals surface area contributed by atoms with Crippen molar-refractivity contribution >= 4 is 11.3 Å². The summed E-state index contributed by atoms with van der Waals surface area (Å²) < 4.78 is 0. The third kappa shape index (κ3) is 3.30. The molecule has 0 saturated carbocycles. The molecule has 90 valence electrons. The van der Waals surface area contributed by atoms with Crippen molar-refractivity contribution in [2.75, 3.05) is 13.1 Å². The Morgan fingerprint density at radius 1 is 1.50 bits per heavy atom. The van der Waals surface area contributed by atoms with Crippen molar-refractivity contribution in [2.24, 2.45) is 5.73 Å². The van der Waals surface area contributed by atoms with Gasteiger partial charge in [0.1, 0.15) is 0 Å². The highest BCUT2D eigenvalue weighted by Crippen LogP contribution is 2.24. The van der Waals surface area contributed by atoms with Crippen LogP contribution in [0.2, 0.25) is 0 Å². The van der Waals surface area contributed by atoms with E-state index in [1.54, 1.807) is 10.4 Å². The maximum absolute atomic E-state index is 5.75. The van der Waals surface area contributed by atoms with Gasteiger partial charge in [0.15, 0.2) is 0 Å². The number of hydrogen-bond donors (Lipinski definition) is 1. The normalized spacial score (nSPS) is 18.4. The van der Waals surface area contributed by atoms with Gasteiger partial charge in [0.2, 0.25) is 0 Å². The van der Waals surface area contributed by atoms with Crippen LogP contribution in [0.25, 0.3) is 0 Å². The third-order valence-electron chi connectivity index (χ3n) is 3.27. The van der Waals surface area contributed by atoms with Gasteiger partial charge < -0.3 is 5.73 Å². The number of hydrogen-bond acceptors (Lipinski definition) is 3. The van der Waals surface area contributed by atoms with E-state index in [-0.39, 0.29) is 0 Å². The van der Waals surface area contributed by atoms with Crippen molar-refractivity contribution in [1.29, 1.82) is 0 Å². The molecule has 1 atom stereocenters. The smallest absolute Gasteiger partial charge is 0.0244 e. The van der Waals surface area contributed by atoms with Crippen LogP contribution in [0.3, 0.4) is 0 Å². The summed E-state index contributed by atoms with van der Waals surface area (Å²) in [5.74, 6) is 0. The van der Waals surface area contributed by atoms with Gasteiger partial charge in [-0.1, -0.05) is 6.42 Å². The SMILES string of the molecule is CC(N)CCCCN1CCc2sccc2C1. The molecule has 1 aliphatic rings. The lowest BCUT2D eigenvalue weighted by molar-refractivity contribution is 0.249. The molecule has 3 heteroatoms. The molecule has 0 saturated heterocycles. The molecule has 16 heavy (non-hydrogen) atoms. The van der Waals surface area contributed by atoms with Gasteiger partial charge in [0.05, 0.1) is 0 Å². The number of rotatable bonds is 5. The Bertz CT molecular complexity index is 319. The van der Waals surface area contributed by atoms with Crippen LogP contribution in [0.1, 0.15) is 36.6 Å². The summed E-state index contributed by atoms with van der Waals surface area (Å²) in [7, 11) is 0. The predicted octanol–water partition coefficient (Wildman–Crippen LogP) is 2.62. The fourth-order valence-electron chi connectivity index (χ4n) is 2.30. The first-order chi connectivity index (χ1) is 7.75. The Morgan fingerprint density at radius 2 is 2.38 bits per heavy atom. The largest absolute Gasteiger partial charge is 0.328 e. The van der Waals surface area contributed by atoms with Crippen molar-refractivity contribution in [3.05, 3.63) is 21.9 Å². The molecule has 0 spiro atoms. The Hall–Kier alpha value is -0.380. The molecule has 1 unspecified atom stereocenters. The van der Waals surface area contributed by atoms with Gasteiger partial charge in [-0.25, -0.2) is 0 Å². The van der Waals surface area contributed by atoms with E-state index in [1.165, 1.54) is 32.4 Å². The Morgan fingerprint density at radius 3 is 3.19 bits per heavy atom. The summed E-state index contributed by atoms with van der Waals surface area (Å²) in [6.07, 6.45) is 4.98. The van der Waals surface area contributed by atoms with Crippen molar-refractivity contribution < 1.29 is 0 Å². The van der Waals surface area contributed by atoms with Crippen LogP contribution < -0.4 is 5.73 Å². The number of thiophene rings is 1. The number of nitrogens with zero attached hydrogens (tertiary/aromatic N) is 1. The Kier molecular flexibility index (Phi) is 4.38. The second-order valence-corrected chi connectivity index (χ2v) is 5.87. The van der Waals surface area contributed by atoms with Crippen LogP contribution in [-0.4, -0.2) is 24.0 Å². The molecule has 0 bridgehead atoms. The van der Waals surface area contributed by atoms with Gasteiger partial charge in [-0.15, -0.1) is 11.3 Å². The average molecular weight is 238 g/mol. The van der Waals surface area contributed by atoms with Crippen LogP contribution in [0, 0.1) is 0 Å². The van der Waals surface area contributed by atoms with Crippen molar-refractivity contribution in [3.63, 3.8) is 0 Å². The zero-order valence-electron chi connectivity index (χ0n) is 10.1. The Balaban J connectivity index is 1.69. The highest BCUT2D eigenvalue weighted by Gasteiger charge is 2.16. The van der Waals surface area contributed by atoms with Gasteiger partial charge in [-0.2, -0.15) is 0 Å². The molecule has 0 radical (unpaired) electrons. The average Bonchev–Trinajstić information content (AvgIpc) is 2.71. The van der Waals surface area contributed by atoms with Crippen LogP contribution in [0.15, 0.2) is 11.4 Å². The van der Waals surface area contributed by atoms with Crippen LogP contribution >= 0.6 is 11.3 Å². The van der Waals surface area contributed by atoms with E-state index in [9.17, 15) is 0 Å². The summed E-state index contributed by atoms with van der Waals surface area (Å²) in [6, 6.07) is 2.65. The standard InChI is InChI=1S/C13H22N2S/c1-11(14)4-2-3-7-15-8-5-13-12(10-15)6-9-16-13/h6,9,11H,2-5,7-8,10,14H2,1H3. The van der Waals surface area contributed by atoms with E-state index in [0.717, 1.165) is 13.0 Å². The molecular weight excluding hydrogens is 216 g/mol. The zero-order chi connectivity index (χ0) is 11.4. The van der Waals surface area contributed by atoms with Crippen LogP contribution in [0.4, 0.5) is 0 Å². The van der Waals surface area contributed by atoms with Gasteiger partial charge in [-0.05, 0) is 49.7 Å². The molecule has 0 aliphatic carbocycles. The highest BCUT2D eigenvalue weighted by molar-refractivity contribution is 7.10. The lowest BCUT2D eigenvalue weighted by Gasteiger charge is -2.26. The molecular formula is C13H22N2S. The molecule has 2 heterocycles. The van der Waals surface area contributed by atoms with Crippen molar-refractivity contribution in [2.45, 2.75) is 45.2 Å². The maximum atomic E-state index is 5.75. The van der Waals surface area contributed by atoms with Gasteiger partial charge in [0, 0.05) is 24.0 Å².